The molecule has 1 amide bonds. The van der Waals surface area contributed by atoms with Crippen molar-refractivity contribution in [3.05, 3.63) is 46.9 Å². The molecule has 1 aliphatic heterocycles. The van der Waals surface area contributed by atoms with Gasteiger partial charge in [0.2, 0.25) is 0 Å². The monoisotopic (exact) mass is 355 g/mol. The van der Waals surface area contributed by atoms with Gasteiger partial charge in [-0.05, 0) is 38.5 Å². The number of carbonyl (C=O) groups is 1. The minimum atomic E-state index is 0.0640. The lowest BCUT2D eigenvalue weighted by Gasteiger charge is -2.34. The average molecular weight is 355 g/mol. The number of carbonyl (C=O) groups excluding carboxylic acids is 1. The molecule has 1 saturated heterocycles. The number of nitrogens with zero attached hydrogens (tertiary/aromatic N) is 3. The molecule has 130 valence electrons. The summed E-state index contributed by atoms with van der Waals surface area (Å²) in [5.74, 6) is 1.55. The maximum atomic E-state index is 12.7. The minimum Gasteiger partial charge on any atom is -0.466 e. The molecule has 3 aromatic rings. The second kappa shape index (κ2) is 6.19. The number of aromatic nitrogens is 1. The number of amides is 1. The van der Waals surface area contributed by atoms with Gasteiger partial charge in [-0.1, -0.05) is 23.5 Å². The third-order valence-corrected chi connectivity index (χ3v) is 5.80. The maximum Gasteiger partial charge on any atom is 0.257 e. The molecule has 1 aromatic carbocycles. The van der Waals surface area contributed by atoms with Crippen molar-refractivity contribution in [2.45, 2.75) is 20.8 Å². The molecule has 5 nitrogen and oxygen atoms in total. The van der Waals surface area contributed by atoms with Gasteiger partial charge in [0.25, 0.3) is 5.91 Å². The summed E-state index contributed by atoms with van der Waals surface area (Å²) < 4.78 is 6.72. The molecule has 1 fully saturated rings. The lowest BCUT2D eigenvalue weighted by molar-refractivity contribution is 0.0745. The van der Waals surface area contributed by atoms with Gasteiger partial charge in [-0.15, -0.1) is 0 Å². The summed E-state index contributed by atoms with van der Waals surface area (Å²) in [4.78, 5) is 21.7. The van der Waals surface area contributed by atoms with Crippen molar-refractivity contribution < 1.29 is 9.21 Å². The molecule has 0 unspecified atom stereocenters. The van der Waals surface area contributed by atoms with E-state index in [1.165, 1.54) is 10.3 Å². The summed E-state index contributed by atoms with van der Waals surface area (Å²) in [5.41, 5.74) is 2.98. The van der Waals surface area contributed by atoms with E-state index in [9.17, 15) is 4.79 Å². The number of piperazine rings is 1. The lowest BCUT2D eigenvalue weighted by atomic mass is 10.2. The molecule has 0 N–H and O–H groups in total. The molecule has 1 aliphatic rings. The van der Waals surface area contributed by atoms with Crippen LogP contribution in [0.3, 0.4) is 0 Å². The fraction of sp³-hybridized carbons (Fsp3) is 0.368. The van der Waals surface area contributed by atoms with Gasteiger partial charge in [0.1, 0.15) is 11.5 Å². The van der Waals surface area contributed by atoms with Gasteiger partial charge >= 0.3 is 0 Å². The highest BCUT2D eigenvalue weighted by atomic mass is 32.1. The van der Waals surface area contributed by atoms with Crippen LogP contribution in [-0.4, -0.2) is 42.0 Å². The van der Waals surface area contributed by atoms with Gasteiger partial charge in [-0.3, -0.25) is 4.79 Å². The summed E-state index contributed by atoms with van der Waals surface area (Å²) in [5, 5.41) is 1.05. The van der Waals surface area contributed by atoms with E-state index in [1.54, 1.807) is 11.3 Å². The zero-order valence-corrected chi connectivity index (χ0v) is 15.5. The normalized spacial score (nSPS) is 15.2. The third-order valence-electron chi connectivity index (χ3n) is 4.72. The Balaban J connectivity index is 1.48. The fourth-order valence-corrected chi connectivity index (χ4v) is 4.42. The maximum absolute atomic E-state index is 12.7. The molecular formula is C19H21N3O2S. The Morgan fingerprint density at radius 2 is 1.92 bits per heavy atom. The van der Waals surface area contributed by atoms with Crippen molar-refractivity contribution in [3.63, 3.8) is 0 Å². The van der Waals surface area contributed by atoms with Crippen LogP contribution in [0, 0.1) is 20.8 Å². The number of rotatable bonds is 2. The molecule has 4 rings (SSSR count). The van der Waals surface area contributed by atoms with Crippen molar-refractivity contribution in [1.82, 2.24) is 9.88 Å². The molecule has 0 atom stereocenters. The Hall–Kier alpha value is -2.34. The molecule has 0 aliphatic carbocycles. The van der Waals surface area contributed by atoms with E-state index in [1.807, 2.05) is 24.8 Å². The standard InChI is InChI=1S/C19H21N3O2S/c1-12-5-4-6-16-17(12)20-19(25-16)22-9-7-21(8-10-22)18(23)15-11-13(2)24-14(15)3/h4-6,11H,7-10H2,1-3H3. The molecular weight excluding hydrogens is 334 g/mol. The smallest absolute Gasteiger partial charge is 0.257 e. The Labute approximate surface area is 150 Å². The first kappa shape index (κ1) is 16.1. The van der Waals surface area contributed by atoms with Crippen LogP contribution < -0.4 is 4.90 Å². The van der Waals surface area contributed by atoms with E-state index in [2.05, 4.69) is 30.0 Å². The number of thiazole rings is 1. The average Bonchev–Trinajstić information content (AvgIpc) is 3.18. The Kier molecular flexibility index (Phi) is 4.00. The van der Waals surface area contributed by atoms with Crippen LogP contribution in [0.1, 0.15) is 27.4 Å². The van der Waals surface area contributed by atoms with Crippen LogP contribution in [0.25, 0.3) is 10.2 Å². The van der Waals surface area contributed by atoms with Crippen LogP contribution in [0.15, 0.2) is 28.7 Å². The molecule has 3 heterocycles. The molecule has 0 spiro atoms. The first-order chi connectivity index (χ1) is 12.0. The van der Waals surface area contributed by atoms with Crippen molar-refractivity contribution in [1.29, 1.82) is 0 Å². The molecule has 0 bridgehead atoms. The number of furan rings is 1. The van der Waals surface area contributed by atoms with Gasteiger partial charge in [-0.25, -0.2) is 4.98 Å². The van der Waals surface area contributed by atoms with Crippen molar-refractivity contribution in [2.75, 3.05) is 31.1 Å². The molecule has 25 heavy (non-hydrogen) atoms. The van der Waals surface area contributed by atoms with Gasteiger partial charge in [0, 0.05) is 26.2 Å². The minimum absolute atomic E-state index is 0.0640. The van der Waals surface area contributed by atoms with E-state index in [0.717, 1.165) is 29.5 Å². The van der Waals surface area contributed by atoms with Crippen molar-refractivity contribution >= 4 is 32.6 Å². The summed E-state index contributed by atoms with van der Waals surface area (Å²) >= 11 is 1.73. The summed E-state index contributed by atoms with van der Waals surface area (Å²) in [6.07, 6.45) is 0. The largest absolute Gasteiger partial charge is 0.466 e. The van der Waals surface area contributed by atoms with E-state index in [0.29, 0.717) is 24.4 Å². The highest BCUT2D eigenvalue weighted by Crippen LogP contribution is 2.31. The van der Waals surface area contributed by atoms with Crippen LogP contribution in [0.2, 0.25) is 0 Å². The zero-order valence-electron chi connectivity index (χ0n) is 14.7. The van der Waals surface area contributed by atoms with Gasteiger partial charge in [-0.2, -0.15) is 0 Å². The SMILES string of the molecule is Cc1cc(C(=O)N2CCN(c3nc4c(C)cccc4s3)CC2)c(C)o1. The highest BCUT2D eigenvalue weighted by molar-refractivity contribution is 7.22. The Morgan fingerprint density at radius 3 is 2.56 bits per heavy atom. The number of para-hydroxylation sites is 1. The van der Waals surface area contributed by atoms with Crippen LogP contribution in [0.4, 0.5) is 5.13 Å². The molecule has 2 aromatic heterocycles. The number of hydrogen-bond acceptors (Lipinski definition) is 5. The second-order valence-electron chi connectivity index (χ2n) is 6.52. The zero-order chi connectivity index (χ0) is 17.6. The lowest BCUT2D eigenvalue weighted by Crippen LogP contribution is -2.48. The topological polar surface area (TPSA) is 49.6 Å². The Morgan fingerprint density at radius 1 is 1.16 bits per heavy atom. The quantitative estimate of drug-likeness (QED) is 0.702. The second-order valence-corrected chi connectivity index (χ2v) is 7.53. The van der Waals surface area contributed by atoms with Gasteiger partial charge in [0.05, 0.1) is 15.8 Å². The van der Waals surface area contributed by atoms with Gasteiger partial charge in [0.15, 0.2) is 5.13 Å². The summed E-state index contributed by atoms with van der Waals surface area (Å²) in [6.45, 7) is 8.84. The fourth-order valence-electron chi connectivity index (χ4n) is 3.32. The highest BCUT2D eigenvalue weighted by Gasteiger charge is 2.26. The Bertz CT molecular complexity index is 935. The van der Waals surface area contributed by atoms with E-state index in [4.69, 9.17) is 9.40 Å². The predicted molar refractivity (Wildman–Crippen MR) is 101 cm³/mol. The van der Waals surface area contributed by atoms with Crippen LogP contribution >= 0.6 is 11.3 Å². The van der Waals surface area contributed by atoms with Crippen LogP contribution in [-0.2, 0) is 0 Å². The number of aryl methyl sites for hydroxylation is 3. The molecule has 0 radical (unpaired) electrons. The van der Waals surface area contributed by atoms with Crippen LogP contribution in [0.5, 0.6) is 0 Å². The van der Waals surface area contributed by atoms with Gasteiger partial charge < -0.3 is 14.2 Å². The third kappa shape index (κ3) is 2.91. The van der Waals surface area contributed by atoms with Crippen molar-refractivity contribution in [3.8, 4) is 0 Å². The number of benzene rings is 1. The predicted octanol–water partition coefficient (Wildman–Crippen LogP) is 3.78. The first-order valence-electron chi connectivity index (χ1n) is 8.50. The number of hydrogen-bond donors (Lipinski definition) is 0. The summed E-state index contributed by atoms with van der Waals surface area (Å²) in [6, 6.07) is 8.12. The van der Waals surface area contributed by atoms with E-state index >= 15 is 0 Å². The number of anilines is 1. The first-order valence-corrected chi connectivity index (χ1v) is 9.32. The molecule has 6 heteroatoms. The summed E-state index contributed by atoms with van der Waals surface area (Å²) in [7, 11) is 0. The van der Waals surface area contributed by atoms with E-state index in [-0.39, 0.29) is 5.91 Å². The van der Waals surface area contributed by atoms with Crippen molar-refractivity contribution in [2.24, 2.45) is 0 Å². The number of fused-ring (bicyclic) bond motifs is 1. The van der Waals surface area contributed by atoms with E-state index < -0.39 is 0 Å². The molecule has 0 saturated carbocycles.